The summed E-state index contributed by atoms with van der Waals surface area (Å²) in [5.74, 6) is -4.67. The maximum absolute atomic E-state index is 14.7. The molecule has 2 aliphatic heterocycles. The highest BCUT2D eigenvalue weighted by atomic mass is 19.3. The van der Waals surface area contributed by atoms with E-state index < -0.39 is 48.1 Å². The van der Waals surface area contributed by atoms with E-state index in [-0.39, 0.29) is 43.7 Å². The Morgan fingerprint density at radius 1 is 1.33 bits per heavy atom. The third-order valence-electron chi connectivity index (χ3n) is 5.27. The third kappa shape index (κ3) is 3.59. The van der Waals surface area contributed by atoms with Crippen LogP contribution in [-0.4, -0.2) is 43.5 Å². The van der Waals surface area contributed by atoms with Crippen LogP contribution in [0.5, 0.6) is 0 Å². The van der Waals surface area contributed by atoms with E-state index >= 15 is 0 Å². The molecule has 4 heterocycles. The van der Waals surface area contributed by atoms with Crippen molar-refractivity contribution in [3.8, 4) is 0 Å². The van der Waals surface area contributed by atoms with Gasteiger partial charge in [0.15, 0.2) is 5.82 Å². The largest absolute Gasteiger partial charge is 0.393 e. The van der Waals surface area contributed by atoms with Crippen LogP contribution in [0.4, 0.5) is 32.4 Å². The van der Waals surface area contributed by atoms with Crippen molar-refractivity contribution in [2.45, 2.75) is 50.8 Å². The molecule has 0 unspecified atom stereocenters. The van der Waals surface area contributed by atoms with Gasteiger partial charge in [0.2, 0.25) is 0 Å². The number of urea groups is 1. The zero-order valence-corrected chi connectivity index (χ0v) is 15.6. The van der Waals surface area contributed by atoms with Crippen LogP contribution in [0, 0.1) is 5.82 Å². The Bertz CT molecular complexity index is 980. The summed E-state index contributed by atoms with van der Waals surface area (Å²) in [7, 11) is 0. The number of anilines is 1. The Hall–Kier alpha value is -2.76. The number of nitrogens with one attached hydrogen (secondary N) is 1. The first-order chi connectivity index (χ1) is 14.2. The first kappa shape index (κ1) is 20.5. The van der Waals surface area contributed by atoms with Gasteiger partial charge >= 0.3 is 6.03 Å². The Balaban J connectivity index is 1.58. The van der Waals surface area contributed by atoms with Crippen LogP contribution in [0.25, 0.3) is 0 Å². The molecule has 0 aliphatic carbocycles. The molecular formula is C18H18F5N5O2. The van der Waals surface area contributed by atoms with E-state index in [0.29, 0.717) is 5.69 Å². The zero-order chi connectivity index (χ0) is 21.6. The van der Waals surface area contributed by atoms with Gasteiger partial charge in [-0.1, -0.05) is 0 Å². The number of amides is 2. The molecule has 2 aromatic heterocycles. The van der Waals surface area contributed by atoms with Gasteiger partial charge in [-0.3, -0.25) is 9.67 Å². The number of nitrogens with zero attached hydrogens (tertiary/aromatic N) is 4. The summed E-state index contributed by atoms with van der Waals surface area (Å²) < 4.78 is 70.3. The molecule has 30 heavy (non-hydrogen) atoms. The summed E-state index contributed by atoms with van der Waals surface area (Å²) in [6, 6.07) is 0.221. The first-order valence-corrected chi connectivity index (χ1v) is 9.30. The number of pyridine rings is 1. The SMILES string of the molecule is O=C(Nc1ccnc(C(F)F)c1F)N1CCc2nn3c(c2C1)C(F)(F)C[C@H](O)CC3. The second-order valence-electron chi connectivity index (χ2n) is 7.31. The van der Waals surface area contributed by atoms with Gasteiger partial charge in [0.05, 0.1) is 24.0 Å². The van der Waals surface area contributed by atoms with Crippen molar-refractivity contribution in [2.24, 2.45) is 0 Å². The Morgan fingerprint density at radius 2 is 2.10 bits per heavy atom. The van der Waals surface area contributed by atoms with Crippen molar-refractivity contribution in [3.05, 3.63) is 40.7 Å². The lowest BCUT2D eigenvalue weighted by Crippen LogP contribution is -2.39. The highest BCUT2D eigenvalue weighted by Crippen LogP contribution is 2.40. The van der Waals surface area contributed by atoms with Crippen molar-refractivity contribution < 1.29 is 31.9 Å². The van der Waals surface area contributed by atoms with Crippen LogP contribution in [0.1, 0.15) is 41.9 Å². The molecule has 162 valence electrons. The first-order valence-electron chi connectivity index (χ1n) is 9.30. The number of carbonyl (C=O) groups excluding carboxylic acids is 1. The van der Waals surface area contributed by atoms with Crippen molar-refractivity contribution in [3.63, 3.8) is 0 Å². The standard InChI is InChI=1S/C18H18F5N5O2/c19-13-12(1-4-24-14(13)16(20)21)25-17(30)27-5-3-11-10(8-27)15-18(22,23)7-9(29)2-6-28(15)26-11/h1,4,9,16,29H,2-3,5-8H2,(H,24,25,30)/t9-/m1/s1. The molecule has 0 bridgehead atoms. The van der Waals surface area contributed by atoms with Crippen molar-refractivity contribution in [2.75, 3.05) is 11.9 Å². The third-order valence-corrected chi connectivity index (χ3v) is 5.27. The number of aryl methyl sites for hydroxylation is 1. The smallest absolute Gasteiger partial charge is 0.322 e. The van der Waals surface area contributed by atoms with Crippen LogP contribution in [0.15, 0.2) is 12.3 Å². The lowest BCUT2D eigenvalue weighted by molar-refractivity contribution is -0.0507. The van der Waals surface area contributed by atoms with Crippen LogP contribution in [0.2, 0.25) is 0 Å². The van der Waals surface area contributed by atoms with Gasteiger partial charge in [-0.25, -0.2) is 18.0 Å². The Kier molecular flexibility index (Phi) is 5.12. The Morgan fingerprint density at radius 3 is 2.83 bits per heavy atom. The molecule has 0 radical (unpaired) electrons. The molecule has 2 aromatic rings. The molecule has 0 saturated carbocycles. The number of aliphatic hydroxyl groups is 1. The summed E-state index contributed by atoms with van der Waals surface area (Å²) in [6.45, 7) is 0.0679. The van der Waals surface area contributed by atoms with Gasteiger partial charge in [0.1, 0.15) is 11.4 Å². The monoisotopic (exact) mass is 431 g/mol. The average Bonchev–Trinajstić information content (AvgIpc) is 3.00. The molecule has 0 fully saturated rings. The topological polar surface area (TPSA) is 83.3 Å². The molecular weight excluding hydrogens is 413 g/mol. The summed E-state index contributed by atoms with van der Waals surface area (Å²) in [4.78, 5) is 17.0. The average molecular weight is 431 g/mol. The summed E-state index contributed by atoms with van der Waals surface area (Å²) >= 11 is 0. The number of hydrogen-bond acceptors (Lipinski definition) is 4. The minimum atomic E-state index is -3.32. The van der Waals surface area contributed by atoms with Crippen LogP contribution in [-0.2, 0) is 25.4 Å². The fourth-order valence-electron chi connectivity index (χ4n) is 3.84. The molecule has 0 aromatic carbocycles. The minimum absolute atomic E-state index is 0.129. The molecule has 2 N–H and O–H groups in total. The maximum atomic E-state index is 14.7. The molecule has 4 rings (SSSR count). The van der Waals surface area contributed by atoms with E-state index in [1.807, 2.05) is 0 Å². The number of hydrogen-bond donors (Lipinski definition) is 2. The molecule has 12 heteroatoms. The molecule has 1 atom stereocenters. The number of alkyl halides is 4. The summed E-state index contributed by atoms with van der Waals surface area (Å²) in [5, 5.41) is 16.1. The van der Waals surface area contributed by atoms with E-state index in [4.69, 9.17) is 0 Å². The van der Waals surface area contributed by atoms with Gasteiger partial charge < -0.3 is 15.3 Å². The van der Waals surface area contributed by atoms with Gasteiger partial charge in [0.25, 0.3) is 12.3 Å². The number of aromatic nitrogens is 3. The highest BCUT2D eigenvalue weighted by Gasteiger charge is 2.44. The van der Waals surface area contributed by atoms with Gasteiger partial charge in [0, 0.05) is 37.7 Å². The van der Waals surface area contributed by atoms with Gasteiger partial charge in [-0.15, -0.1) is 0 Å². The van der Waals surface area contributed by atoms with Crippen LogP contribution >= 0.6 is 0 Å². The molecule has 2 amide bonds. The fourth-order valence-corrected chi connectivity index (χ4v) is 3.84. The predicted molar refractivity (Wildman–Crippen MR) is 93.6 cm³/mol. The summed E-state index contributed by atoms with van der Waals surface area (Å²) in [6.07, 6.45) is -3.77. The van der Waals surface area contributed by atoms with E-state index in [1.54, 1.807) is 0 Å². The number of aliphatic hydroxyl groups excluding tert-OH is 1. The summed E-state index contributed by atoms with van der Waals surface area (Å²) in [5.41, 5.74) is -1.26. The number of carbonyl (C=O) groups is 1. The lowest BCUT2D eigenvalue weighted by Gasteiger charge is -2.28. The fraction of sp³-hybridized carbons (Fsp3) is 0.500. The quantitative estimate of drug-likeness (QED) is 0.716. The second-order valence-corrected chi connectivity index (χ2v) is 7.31. The van der Waals surface area contributed by atoms with Crippen molar-refractivity contribution >= 4 is 11.7 Å². The van der Waals surface area contributed by atoms with Crippen LogP contribution < -0.4 is 5.32 Å². The zero-order valence-electron chi connectivity index (χ0n) is 15.6. The van der Waals surface area contributed by atoms with Crippen molar-refractivity contribution in [1.82, 2.24) is 19.7 Å². The second kappa shape index (κ2) is 7.49. The van der Waals surface area contributed by atoms with E-state index in [0.717, 1.165) is 12.3 Å². The molecule has 0 spiro atoms. The molecule has 7 nitrogen and oxygen atoms in total. The number of halogens is 5. The predicted octanol–water partition coefficient (Wildman–Crippen LogP) is 3.19. The number of fused-ring (bicyclic) bond motifs is 3. The lowest BCUT2D eigenvalue weighted by atomic mass is 9.99. The van der Waals surface area contributed by atoms with E-state index in [1.165, 1.54) is 9.58 Å². The maximum Gasteiger partial charge on any atom is 0.322 e. The van der Waals surface area contributed by atoms with E-state index in [9.17, 15) is 31.9 Å². The Labute approximate surface area is 167 Å². The van der Waals surface area contributed by atoms with E-state index in [2.05, 4.69) is 15.4 Å². The van der Waals surface area contributed by atoms with Gasteiger partial charge in [-0.05, 0) is 12.5 Å². The molecule has 0 saturated heterocycles. The molecule has 2 aliphatic rings. The van der Waals surface area contributed by atoms with Crippen molar-refractivity contribution in [1.29, 1.82) is 0 Å². The number of rotatable bonds is 2. The highest BCUT2D eigenvalue weighted by molar-refractivity contribution is 5.89. The normalized spacial score (nSPS) is 20.5. The minimum Gasteiger partial charge on any atom is -0.393 e. The van der Waals surface area contributed by atoms with Crippen LogP contribution in [0.3, 0.4) is 0 Å². The van der Waals surface area contributed by atoms with Gasteiger partial charge in [-0.2, -0.15) is 13.9 Å².